The Morgan fingerprint density at radius 2 is 2.04 bits per heavy atom. The van der Waals surface area contributed by atoms with Crippen molar-refractivity contribution < 1.29 is 9.50 Å². The molecule has 0 spiro atoms. The van der Waals surface area contributed by atoms with E-state index in [1.807, 2.05) is 19.9 Å². The van der Waals surface area contributed by atoms with Crippen LogP contribution in [-0.4, -0.2) is 10.1 Å². The van der Waals surface area contributed by atoms with E-state index in [9.17, 15) is 14.8 Å². The molecule has 5 nitrogen and oxygen atoms in total. The molecule has 6 heteroatoms. The van der Waals surface area contributed by atoms with Crippen molar-refractivity contribution in [2.24, 2.45) is 11.7 Å². The van der Waals surface area contributed by atoms with Crippen molar-refractivity contribution in [2.75, 3.05) is 5.73 Å². The van der Waals surface area contributed by atoms with Crippen LogP contribution in [0.2, 0.25) is 0 Å². The number of hydrogen-bond acceptors (Lipinski definition) is 5. The summed E-state index contributed by atoms with van der Waals surface area (Å²) < 4.78 is 13.1. The molecule has 1 aromatic carbocycles. The molecular formula is C17H19FN4O. The average Bonchev–Trinajstić information content (AvgIpc) is 2.45. The number of anilines is 1. The van der Waals surface area contributed by atoms with E-state index in [2.05, 4.69) is 4.98 Å². The summed E-state index contributed by atoms with van der Waals surface area (Å²) in [5.74, 6) is -0.411. The van der Waals surface area contributed by atoms with Gasteiger partial charge in [-0.15, -0.1) is 0 Å². The number of hydrogen-bond donors (Lipinski definition) is 3. The Hall–Kier alpha value is -2.65. The van der Waals surface area contributed by atoms with Gasteiger partial charge in [-0.2, -0.15) is 5.26 Å². The maximum Gasteiger partial charge on any atom is 0.142 e. The van der Waals surface area contributed by atoms with Crippen molar-refractivity contribution in [2.45, 2.75) is 26.3 Å². The molecule has 23 heavy (non-hydrogen) atoms. The van der Waals surface area contributed by atoms with Crippen molar-refractivity contribution in [3.05, 3.63) is 41.2 Å². The number of pyridine rings is 1. The molecule has 0 fully saturated rings. The van der Waals surface area contributed by atoms with Gasteiger partial charge < -0.3 is 16.6 Å². The number of nitrogen functional groups attached to an aromatic ring is 1. The van der Waals surface area contributed by atoms with Crippen LogP contribution in [0.4, 0.5) is 10.2 Å². The molecule has 0 aliphatic carbocycles. The zero-order valence-corrected chi connectivity index (χ0v) is 13.0. The SMILES string of the molecule is CC(C)CC(N)c1cc(-c2ccc(F)cc2O)nc(N)c1C#N. The number of rotatable bonds is 4. The second-order valence-electron chi connectivity index (χ2n) is 5.87. The van der Waals surface area contributed by atoms with Crippen LogP contribution in [0.5, 0.6) is 5.75 Å². The highest BCUT2D eigenvalue weighted by atomic mass is 19.1. The topological polar surface area (TPSA) is 109 Å². The van der Waals surface area contributed by atoms with Crippen molar-refractivity contribution in [1.29, 1.82) is 5.26 Å². The second-order valence-corrected chi connectivity index (χ2v) is 5.87. The highest BCUT2D eigenvalue weighted by molar-refractivity contribution is 5.71. The second kappa shape index (κ2) is 6.63. The number of nitrogens with two attached hydrogens (primary N) is 2. The minimum atomic E-state index is -0.551. The number of phenolic OH excluding ortho intramolecular Hbond substituents is 1. The Morgan fingerprint density at radius 3 is 2.61 bits per heavy atom. The van der Waals surface area contributed by atoms with E-state index in [1.165, 1.54) is 12.1 Å². The fraction of sp³-hybridized carbons (Fsp3) is 0.294. The van der Waals surface area contributed by atoms with Crippen LogP contribution in [0.3, 0.4) is 0 Å². The molecule has 0 bridgehead atoms. The van der Waals surface area contributed by atoms with Gasteiger partial charge in [0.25, 0.3) is 0 Å². The van der Waals surface area contributed by atoms with Gasteiger partial charge in [0.2, 0.25) is 0 Å². The Bertz CT molecular complexity index is 768. The van der Waals surface area contributed by atoms with Gasteiger partial charge >= 0.3 is 0 Å². The largest absolute Gasteiger partial charge is 0.507 e. The predicted octanol–water partition coefficient (Wildman–Crippen LogP) is 3.09. The van der Waals surface area contributed by atoms with Gasteiger partial charge in [0, 0.05) is 17.7 Å². The number of phenols is 1. The zero-order valence-electron chi connectivity index (χ0n) is 13.0. The molecule has 0 saturated carbocycles. The summed E-state index contributed by atoms with van der Waals surface area (Å²) >= 11 is 0. The molecule has 2 rings (SSSR count). The van der Waals surface area contributed by atoms with Gasteiger partial charge in [-0.25, -0.2) is 9.37 Å². The Kier molecular flexibility index (Phi) is 4.82. The maximum absolute atomic E-state index is 13.1. The molecule has 1 aromatic heterocycles. The molecule has 0 aliphatic rings. The van der Waals surface area contributed by atoms with E-state index in [-0.39, 0.29) is 23.2 Å². The van der Waals surface area contributed by atoms with Crippen LogP contribution in [0, 0.1) is 23.1 Å². The van der Waals surface area contributed by atoms with E-state index in [0.717, 1.165) is 6.07 Å². The summed E-state index contributed by atoms with van der Waals surface area (Å²) in [6.07, 6.45) is 0.674. The molecule has 0 saturated heterocycles. The molecular weight excluding hydrogens is 295 g/mol. The summed E-state index contributed by atoms with van der Waals surface area (Å²) in [6.45, 7) is 4.06. The van der Waals surface area contributed by atoms with Crippen LogP contribution in [0.15, 0.2) is 24.3 Å². The summed E-state index contributed by atoms with van der Waals surface area (Å²) in [5.41, 5.74) is 13.6. The van der Waals surface area contributed by atoms with Crippen molar-refractivity contribution >= 4 is 5.82 Å². The quantitative estimate of drug-likeness (QED) is 0.803. The Morgan fingerprint density at radius 1 is 1.35 bits per heavy atom. The van der Waals surface area contributed by atoms with Crippen molar-refractivity contribution in [3.8, 4) is 23.1 Å². The van der Waals surface area contributed by atoms with Gasteiger partial charge in [0.15, 0.2) is 0 Å². The average molecular weight is 314 g/mol. The lowest BCUT2D eigenvalue weighted by Gasteiger charge is -2.18. The number of nitrogens with zero attached hydrogens (tertiary/aromatic N) is 2. The summed E-state index contributed by atoms with van der Waals surface area (Å²) in [7, 11) is 0. The Balaban J connectivity index is 2.59. The van der Waals surface area contributed by atoms with E-state index >= 15 is 0 Å². The van der Waals surface area contributed by atoms with E-state index in [0.29, 0.717) is 29.2 Å². The molecule has 1 atom stereocenters. The van der Waals surface area contributed by atoms with Crippen molar-refractivity contribution in [1.82, 2.24) is 4.98 Å². The molecule has 0 aliphatic heterocycles. The molecule has 1 unspecified atom stereocenters. The highest BCUT2D eigenvalue weighted by Gasteiger charge is 2.19. The molecule has 0 radical (unpaired) electrons. The molecule has 120 valence electrons. The summed E-state index contributed by atoms with van der Waals surface area (Å²) in [6, 6.07) is 6.92. The fourth-order valence-corrected chi connectivity index (χ4v) is 2.49. The third kappa shape index (κ3) is 3.58. The lowest BCUT2D eigenvalue weighted by molar-refractivity contribution is 0.471. The first-order valence-electron chi connectivity index (χ1n) is 7.28. The van der Waals surface area contributed by atoms with Gasteiger partial charge in [0.05, 0.1) is 11.3 Å². The van der Waals surface area contributed by atoms with Crippen LogP contribution in [0.1, 0.15) is 37.4 Å². The molecule has 5 N–H and O–H groups in total. The molecule has 2 aromatic rings. The summed E-state index contributed by atoms with van der Waals surface area (Å²) in [5, 5.41) is 19.2. The van der Waals surface area contributed by atoms with Crippen LogP contribution in [-0.2, 0) is 0 Å². The number of benzene rings is 1. The first-order chi connectivity index (χ1) is 10.8. The van der Waals surface area contributed by atoms with E-state index < -0.39 is 5.82 Å². The fourth-order valence-electron chi connectivity index (χ4n) is 2.49. The van der Waals surface area contributed by atoms with Gasteiger partial charge in [0.1, 0.15) is 23.5 Å². The zero-order chi connectivity index (χ0) is 17.1. The monoisotopic (exact) mass is 314 g/mol. The Labute approximate surface area is 134 Å². The third-order valence-corrected chi connectivity index (χ3v) is 3.55. The molecule has 0 amide bonds. The number of halogens is 1. The standard InChI is InChI=1S/C17H19FN4O/c1-9(2)5-14(20)12-7-15(22-17(21)13(12)8-19)11-4-3-10(18)6-16(11)23/h3-4,6-7,9,14,23H,5,20H2,1-2H3,(H2,21,22). The minimum Gasteiger partial charge on any atom is -0.507 e. The van der Waals surface area contributed by atoms with Gasteiger partial charge in [-0.3, -0.25) is 0 Å². The maximum atomic E-state index is 13.1. The number of nitriles is 1. The van der Waals surface area contributed by atoms with Crippen LogP contribution in [0.25, 0.3) is 11.3 Å². The predicted molar refractivity (Wildman–Crippen MR) is 86.8 cm³/mol. The number of aromatic nitrogens is 1. The van der Waals surface area contributed by atoms with Crippen LogP contribution >= 0.6 is 0 Å². The van der Waals surface area contributed by atoms with Gasteiger partial charge in [-0.1, -0.05) is 13.8 Å². The van der Waals surface area contributed by atoms with Crippen LogP contribution < -0.4 is 11.5 Å². The lowest BCUT2D eigenvalue weighted by Crippen LogP contribution is -2.16. The molecule has 1 heterocycles. The van der Waals surface area contributed by atoms with Crippen molar-refractivity contribution in [3.63, 3.8) is 0 Å². The number of aromatic hydroxyl groups is 1. The van der Waals surface area contributed by atoms with E-state index in [1.54, 1.807) is 6.07 Å². The lowest BCUT2D eigenvalue weighted by atomic mass is 9.93. The normalized spacial score (nSPS) is 12.2. The minimum absolute atomic E-state index is 0.0444. The smallest absolute Gasteiger partial charge is 0.142 e. The first-order valence-corrected chi connectivity index (χ1v) is 7.28. The summed E-state index contributed by atoms with van der Waals surface area (Å²) in [4.78, 5) is 4.14. The third-order valence-electron chi connectivity index (χ3n) is 3.55. The first kappa shape index (κ1) is 16.7. The van der Waals surface area contributed by atoms with Gasteiger partial charge in [-0.05, 0) is 36.1 Å². The highest BCUT2D eigenvalue weighted by Crippen LogP contribution is 2.33. The van der Waals surface area contributed by atoms with E-state index in [4.69, 9.17) is 11.5 Å².